The van der Waals surface area contributed by atoms with Gasteiger partial charge in [-0.15, -0.1) is 0 Å². The van der Waals surface area contributed by atoms with Crippen molar-refractivity contribution in [2.45, 2.75) is 6.04 Å². The van der Waals surface area contributed by atoms with Crippen LogP contribution < -0.4 is 0 Å². The fourth-order valence-corrected chi connectivity index (χ4v) is 1.62. The van der Waals surface area contributed by atoms with E-state index in [9.17, 15) is 9.59 Å². The summed E-state index contributed by atoms with van der Waals surface area (Å²) in [5.41, 5.74) is 0.363. The highest BCUT2D eigenvalue weighted by Crippen LogP contribution is 2.10. The van der Waals surface area contributed by atoms with Gasteiger partial charge in [0, 0.05) is 11.3 Å². The normalized spacial score (nSPS) is 11.9. The third-order valence-corrected chi connectivity index (χ3v) is 2.50. The number of carbonyl (C=O) groups is 2. The van der Waals surface area contributed by atoms with Crippen molar-refractivity contribution in [3.63, 3.8) is 0 Å². The van der Waals surface area contributed by atoms with Crippen LogP contribution in [0.5, 0.6) is 0 Å². The van der Waals surface area contributed by atoms with E-state index in [1.807, 2.05) is 0 Å². The first-order valence-electron chi connectivity index (χ1n) is 4.88. The summed E-state index contributed by atoms with van der Waals surface area (Å²) in [6, 6.07) is 7.21. The minimum absolute atomic E-state index is 0.0260. The Morgan fingerprint density at radius 2 is 2.00 bits per heavy atom. The maximum Gasteiger partial charge on any atom is 0.329 e. The number of hydrogen-bond donors (Lipinski definition) is 2. The third-order valence-electron chi connectivity index (χ3n) is 2.16. The van der Waals surface area contributed by atoms with Crippen LogP contribution in [0.25, 0.3) is 0 Å². The van der Waals surface area contributed by atoms with Crippen molar-refractivity contribution < 1.29 is 19.5 Å². The van der Waals surface area contributed by atoms with Crippen molar-refractivity contribution >= 4 is 24.5 Å². The largest absolute Gasteiger partial charge is 0.480 e. The predicted octanol–water partition coefficient (Wildman–Crippen LogP) is 1.07. The molecule has 1 rings (SSSR count). The van der Waals surface area contributed by atoms with E-state index in [1.165, 1.54) is 7.11 Å². The Morgan fingerprint density at radius 3 is 2.41 bits per heavy atom. The second-order valence-electron chi connectivity index (χ2n) is 3.22. The zero-order valence-electron chi connectivity index (χ0n) is 9.24. The number of hydroxylamine groups is 2. The third kappa shape index (κ3) is 3.21. The van der Waals surface area contributed by atoms with Crippen molar-refractivity contribution in [1.29, 1.82) is 0 Å². The summed E-state index contributed by atoms with van der Waals surface area (Å²) in [6.45, 7) is 0. The molecule has 0 saturated heterocycles. The highest BCUT2D eigenvalue weighted by molar-refractivity contribution is 7.80. The van der Waals surface area contributed by atoms with Crippen molar-refractivity contribution in [3.8, 4) is 0 Å². The summed E-state index contributed by atoms with van der Waals surface area (Å²) in [5.74, 6) is -1.69. The summed E-state index contributed by atoms with van der Waals surface area (Å²) < 4.78 is 0. The molecule has 1 atom stereocenters. The molecule has 0 aliphatic heterocycles. The molecule has 6 heteroatoms. The van der Waals surface area contributed by atoms with Gasteiger partial charge in [-0.1, -0.05) is 18.2 Å². The molecule has 0 aromatic heterocycles. The fourth-order valence-electron chi connectivity index (χ4n) is 1.31. The van der Waals surface area contributed by atoms with Gasteiger partial charge in [0.15, 0.2) is 6.04 Å². The van der Waals surface area contributed by atoms with Crippen molar-refractivity contribution in [2.75, 3.05) is 12.9 Å². The zero-order chi connectivity index (χ0) is 12.8. The number of carbonyl (C=O) groups excluding carboxylic acids is 1. The lowest BCUT2D eigenvalue weighted by molar-refractivity contribution is -0.163. The Kier molecular flexibility index (Phi) is 4.99. The molecule has 0 unspecified atom stereocenters. The number of aliphatic carboxylic acids is 1. The topological polar surface area (TPSA) is 66.8 Å². The quantitative estimate of drug-likeness (QED) is 0.610. The van der Waals surface area contributed by atoms with Gasteiger partial charge in [-0.25, -0.2) is 9.86 Å². The molecule has 1 amide bonds. The van der Waals surface area contributed by atoms with E-state index in [0.717, 1.165) is 5.06 Å². The average Bonchev–Trinajstić information content (AvgIpc) is 2.35. The minimum atomic E-state index is -1.16. The van der Waals surface area contributed by atoms with Gasteiger partial charge in [0.1, 0.15) is 0 Å². The van der Waals surface area contributed by atoms with E-state index in [0.29, 0.717) is 5.56 Å². The van der Waals surface area contributed by atoms with Crippen LogP contribution in [0.3, 0.4) is 0 Å². The highest BCUT2D eigenvalue weighted by Gasteiger charge is 2.29. The number of carboxylic acid groups (broad SMARTS) is 1. The maximum atomic E-state index is 12.0. The van der Waals surface area contributed by atoms with Crippen molar-refractivity contribution in [1.82, 2.24) is 5.06 Å². The Hall–Kier alpha value is -1.53. The van der Waals surface area contributed by atoms with E-state index in [1.54, 1.807) is 30.3 Å². The smallest absolute Gasteiger partial charge is 0.329 e. The first-order chi connectivity index (χ1) is 8.11. The highest BCUT2D eigenvalue weighted by atomic mass is 32.1. The van der Waals surface area contributed by atoms with Crippen molar-refractivity contribution in [2.24, 2.45) is 0 Å². The standard InChI is InChI=1S/C11H13NO4S/c1-16-12(9(7-17)11(14)15)10(13)8-5-3-2-4-6-8/h2-6,9,17H,7H2,1H3,(H,14,15)/t9-/m0/s1. The minimum Gasteiger partial charge on any atom is -0.480 e. The number of hydrogen-bond acceptors (Lipinski definition) is 4. The first kappa shape index (κ1) is 13.5. The first-order valence-corrected chi connectivity index (χ1v) is 5.51. The van der Waals surface area contributed by atoms with Gasteiger partial charge in [-0.3, -0.25) is 9.63 Å². The zero-order valence-corrected chi connectivity index (χ0v) is 10.1. The monoisotopic (exact) mass is 255 g/mol. The van der Waals surface area contributed by atoms with E-state index < -0.39 is 17.9 Å². The predicted molar refractivity (Wildman–Crippen MR) is 64.9 cm³/mol. The number of carboxylic acids is 1. The van der Waals surface area contributed by atoms with Gasteiger partial charge in [-0.2, -0.15) is 12.6 Å². The van der Waals surface area contributed by atoms with Crippen LogP contribution in [0, 0.1) is 0 Å². The van der Waals surface area contributed by atoms with Crippen LogP contribution in [0.1, 0.15) is 10.4 Å². The summed E-state index contributed by atoms with van der Waals surface area (Å²) >= 11 is 3.90. The molecule has 0 heterocycles. The summed E-state index contributed by atoms with van der Waals surface area (Å²) in [7, 11) is 1.25. The van der Waals surface area contributed by atoms with Gasteiger partial charge in [0.25, 0.3) is 5.91 Å². The average molecular weight is 255 g/mol. The molecular weight excluding hydrogens is 242 g/mol. The molecule has 92 valence electrons. The van der Waals surface area contributed by atoms with Gasteiger partial charge in [-0.05, 0) is 12.1 Å². The maximum absolute atomic E-state index is 12.0. The van der Waals surface area contributed by atoms with Crippen molar-refractivity contribution in [3.05, 3.63) is 35.9 Å². The van der Waals surface area contributed by atoms with Crippen LogP contribution in [-0.2, 0) is 9.63 Å². The Bertz CT molecular complexity index is 396. The lowest BCUT2D eigenvalue weighted by Crippen LogP contribution is -2.45. The van der Waals surface area contributed by atoms with Crippen LogP contribution in [0.15, 0.2) is 30.3 Å². The molecule has 0 fully saturated rings. The number of nitrogens with zero attached hydrogens (tertiary/aromatic N) is 1. The second-order valence-corrected chi connectivity index (χ2v) is 3.58. The molecule has 1 N–H and O–H groups in total. The molecule has 1 aromatic rings. The molecule has 17 heavy (non-hydrogen) atoms. The molecule has 1 aromatic carbocycles. The molecular formula is C11H13NO4S. The van der Waals surface area contributed by atoms with E-state index >= 15 is 0 Å². The molecule has 0 bridgehead atoms. The van der Waals surface area contributed by atoms with Gasteiger partial charge in [0.2, 0.25) is 0 Å². The fraction of sp³-hybridized carbons (Fsp3) is 0.273. The van der Waals surface area contributed by atoms with Crippen LogP contribution in [0.4, 0.5) is 0 Å². The molecule has 0 aliphatic carbocycles. The number of amides is 1. The van der Waals surface area contributed by atoms with Gasteiger partial charge >= 0.3 is 5.97 Å². The SMILES string of the molecule is CON(C(=O)c1ccccc1)[C@@H](CS)C(=O)O. The van der Waals surface area contributed by atoms with Gasteiger partial charge < -0.3 is 5.11 Å². The number of benzene rings is 1. The van der Waals surface area contributed by atoms with Gasteiger partial charge in [0.05, 0.1) is 7.11 Å². The number of thiol groups is 1. The lowest BCUT2D eigenvalue weighted by Gasteiger charge is -2.25. The second kappa shape index (κ2) is 6.27. The molecule has 5 nitrogen and oxygen atoms in total. The Balaban J connectivity index is 2.95. The van der Waals surface area contributed by atoms with E-state index in [2.05, 4.69) is 12.6 Å². The molecule has 0 spiro atoms. The summed E-state index contributed by atoms with van der Waals surface area (Å²) in [6.07, 6.45) is 0. The summed E-state index contributed by atoms with van der Waals surface area (Å²) in [4.78, 5) is 27.8. The van der Waals surface area contributed by atoms with E-state index in [-0.39, 0.29) is 5.75 Å². The Labute approximate surface area is 104 Å². The lowest BCUT2D eigenvalue weighted by atomic mass is 10.2. The van der Waals surface area contributed by atoms with Crippen LogP contribution >= 0.6 is 12.6 Å². The number of rotatable bonds is 5. The van der Waals surface area contributed by atoms with Crippen LogP contribution in [-0.4, -0.2) is 41.0 Å². The summed E-state index contributed by atoms with van der Waals surface area (Å²) in [5, 5.41) is 9.76. The Morgan fingerprint density at radius 1 is 1.41 bits per heavy atom. The molecule has 0 radical (unpaired) electrons. The van der Waals surface area contributed by atoms with Crippen LogP contribution in [0.2, 0.25) is 0 Å². The molecule has 0 saturated carbocycles. The molecule has 0 aliphatic rings. The van der Waals surface area contributed by atoms with E-state index in [4.69, 9.17) is 9.94 Å².